The highest BCUT2D eigenvalue weighted by atomic mass is 127. The normalized spacial score (nSPS) is 11.1. The van der Waals surface area contributed by atoms with Crippen LogP contribution in [-0.2, 0) is 113 Å². The molecule has 0 fully saturated rings. The van der Waals surface area contributed by atoms with Gasteiger partial charge >= 0.3 is 47.8 Å². The molecule has 58 heteroatoms. The van der Waals surface area contributed by atoms with Crippen molar-refractivity contribution in [3.63, 3.8) is 0 Å². The van der Waals surface area contributed by atoms with E-state index in [-0.39, 0.29) is 62.6 Å². The number of benzene rings is 6. The fraction of sp³-hybridized carbons (Fsp3) is 0.309. The third-order valence-corrected chi connectivity index (χ3v) is 26.8. The second kappa shape index (κ2) is 56.1. The zero-order valence-corrected chi connectivity index (χ0v) is 92.0. The minimum absolute atomic E-state index is 0.0133. The largest absolute Gasteiger partial charge is 0.748 e. The third-order valence-electron chi connectivity index (χ3n) is 13.8. The van der Waals surface area contributed by atoms with Crippen molar-refractivity contribution in [3.05, 3.63) is 148 Å². The molecule has 0 aliphatic rings. The topological polar surface area (TPSA) is 642 Å². The second-order valence-electron chi connectivity index (χ2n) is 23.3. The van der Waals surface area contributed by atoms with E-state index in [1.165, 1.54) is 115 Å². The number of hydrogen-bond donors (Lipinski definition) is 1. The van der Waals surface area contributed by atoms with Crippen molar-refractivity contribution in [2.45, 2.75) is 34.6 Å². The van der Waals surface area contributed by atoms with Crippen molar-refractivity contribution in [1.82, 2.24) is 0 Å². The molecule has 0 aromatic heterocycles. The summed E-state index contributed by atoms with van der Waals surface area (Å²) in [5.41, 5.74) is 2.09. The number of nitrogens with one attached hydrogen (secondary N) is 1. The van der Waals surface area contributed by atoms with E-state index in [2.05, 4.69) is 46.9 Å². The van der Waals surface area contributed by atoms with Gasteiger partial charge in [-0.1, -0.05) is 0 Å². The number of nitrogens with zero attached hydrogens (tertiary/aromatic N) is 2. The summed E-state index contributed by atoms with van der Waals surface area (Å²) < 4.78 is 242. The molecule has 0 saturated carbocycles. The van der Waals surface area contributed by atoms with Crippen molar-refractivity contribution >= 4 is 369 Å². The van der Waals surface area contributed by atoms with Crippen LogP contribution >= 0.6 is 226 Å². The molecule has 0 aliphatic heterocycles. The molecule has 0 saturated heterocycles. The quantitative estimate of drug-likeness (QED) is 0.0141. The molecule has 6 aromatic rings. The van der Waals surface area contributed by atoms with Crippen LogP contribution in [0.3, 0.4) is 0 Å². The summed E-state index contributed by atoms with van der Waals surface area (Å²) >= 11 is 19.6. The lowest BCUT2D eigenvalue weighted by Gasteiger charge is -2.27. The summed E-state index contributed by atoms with van der Waals surface area (Å²) in [7, 11) is -20.7. The predicted molar refractivity (Wildman–Crippen MR) is 523 cm³/mol. The molecule has 6 aromatic carbocycles. The monoisotopic (exact) mass is 3010 g/mol. The van der Waals surface area contributed by atoms with E-state index < -0.39 is 183 Å². The smallest absolute Gasteiger partial charge is 0.341 e. The molecule has 42 nitrogen and oxygen atoms in total. The average molecular weight is 3010 g/mol. The van der Waals surface area contributed by atoms with Gasteiger partial charge in [0.2, 0.25) is 17.7 Å². The van der Waals surface area contributed by atoms with Gasteiger partial charge in [-0.05, 0) is 305 Å². The Morgan fingerprint density at radius 2 is 0.635 bits per heavy atom. The maximum Gasteiger partial charge on any atom is 0.341 e. The summed E-state index contributed by atoms with van der Waals surface area (Å²) in [6.07, 6.45) is 0. The minimum atomic E-state index is -4.53. The van der Waals surface area contributed by atoms with E-state index in [9.17, 15) is 131 Å². The van der Waals surface area contributed by atoms with E-state index in [4.69, 9.17) is 28.4 Å². The standard InChI is InChI=1S/C15H17I3N2O7S.C11H10I3NO6S.2C11H11IO7S.2C10H11IO6S/c1-7(21)19(3)13-10(16)9(15(23)27-5-6-28(24,25)26)11(17)14(12(13)18)20(4)8(2)22;1-5(16)15-10-7(13)4-6(12)8(9(10)14)11(17)21-2-3-22(18,19)20;1-7(13)19-10-6-8(12)2-3-9(10)11(14)18-4-5-20(15,16)17;1-7(13)19-10-6-8(2-3-9(10)12)11(14)18-4-5-20(15,16)17;1-16-9-6-7(11)2-3-8(9)10(12)17-4-5-18(13,14)15;1-16-9-6-7(2-3-8(9)11)10(12)17-4-5-18(13,14)15/h5-6H2,1-4H3,(H,24,25,26);4H,2-3H2,1H3,(H,15,16)(H,18,19,20);2*2-3,6H,4-5H2,1H3,(H,15,16,17);2*2-3,6H,4-5H2,1H3,(H,13,14,15)/p-6. The van der Waals surface area contributed by atoms with Gasteiger partial charge in [0.05, 0.1) is 170 Å². The number of halogens is 10. The van der Waals surface area contributed by atoms with Crippen molar-refractivity contribution < 1.29 is 178 Å². The highest BCUT2D eigenvalue weighted by molar-refractivity contribution is 14.1. The summed E-state index contributed by atoms with van der Waals surface area (Å²) in [5, 5.41) is 2.63. The number of ether oxygens (including phenoxy) is 10. The van der Waals surface area contributed by atoms with Crippen LogP contribution in [0.4, 0.5) is 17.1 Å². The summed E-state index contributed by atoms with van der Waals surface area (Å²) in [4.78, 5) is 131. The lowest BCUT2D eigenvalue weighted by molar-refractivity contribution is -0.132. The van der Waals surface area contributed by atoms with Crippen LogP contribution in [-0.4, -0.2) is 246 Å². The van der Waals surface area contributed by atoms with E-state index in [1.54, 1.807) is 36.4 Å². The van der Waals surface area contributed by atoms with Crippen LogP contribution in [0.1, 0.15) is 96.8 Å². The maximum atomic E-state index is 12.6. The second-order valence-corrected chi connectivity index (χ2v) is 43.9. The van der Waals surface area contributed by atoms with E-state index in [1.807, 2.05) is 203 Å². The number of methoxy groups -OCH3 is 2. The Morgan fingerprint density at radius 1 is 0.333 bits per heavy atom. The van der Waals surface area contributed by atoms with Crippen LogP contribution in [0, 0.1) is 35.7 Å². The fourth-order valence-corrected chi connectivity index (χ4v) is 20.8. The number of carbonyl (C=O) groups is 11. The fourth-order valence-electron chi connectivity index (χ4n) is 8.06. The first-order chi connectivity index (χ1) is 57.8. The van der Waals surface area contributed by atoms with Crippen LogP contribution in [0.5, 0.6) is 23.0 Å². The molecule has 0 spiro atoms. The first-order valence-electron chi connectivity index (χ1n) is 33.2. The molecule has 0 radical (unpaired) electrons. The Bertz CT molecular complexity index is 5730. The number of amides is 3. The van der Waals surface area contributed by atoms with Crippen molar-refractivity contribution in [3.8, 4) is 23.0 Å². The summed E-state index contributed by atoms with van der Waals surface area (Å²) in [6, 6.07) is 19.9. The maximum absolute atomic E-state index is 12.6. The number of hydrogen-bond acceptors (Lipinski definition) is 39. The van der Waals surface area contributed by atoms with Crippen LogP contribution in [0.15, 0.2) is 78.9 Å². The molecule has 698 valence electrons. The van der Waals surface area contributed by atoms with Crippen LogP contribution in [0.2, 0.25) is 0 Å². The Balaban J connectivity index is 0.000000761. The van der Waals surface area contributed by atoms with Gasteiger partial charge in [0.15, 0.2) is 0 Å². The molecular weight excluding hydrogens is 2940 g/mol. The highest BCUT2D eigenvalue weighted by Gasteiger charge is 2.31. The van der Waals surface area contributed by atoms with Crippen molar-refractivity contribution in [2.24, 2.45) is 0 Å². The van der Waals surface area contributed by atoms with Gasteiger partial charge in [-0.15, -0.1) is 0 Å². The third kappa shape index (κ3) is 47.0. The zero-order valence-electron chi connectivity index (χ0n) is 65.5. The Labute approximate surface area is 858 Å². The van der Waals surface area contributed by atoms with Gasteiger partial charge in [0.1, 0.15) is 73.8 Å². The van der Waals surface area contributed by atoms with Crippen LogP contribution in [0.25, 0.3) is 0 Å². The molecule has 0 bridgehead atoms. The molecule has 0 heterocycles. The Hall–Kier alpha value is -4.15. The van der Waals surface area contributed by atoms with Gasteiger partial charge in [0, 0.05) is 63.0 Å². The zero-order chi connectivity index (χ0) is 97.2. The molecular formula is C68H65I10N3O39S6-6. The molecule has 6 rings (SSSR count). The Kier molecular flexibility index (Phi) is 53.4. The van der Waals surface area contributed by atoms with Crippen LogP contribution < -0.4 is 34.1 Å². The number of anilines is 3. The summed E-state index contributed by atoms with van der Waals surface area (Å²) in [5.74, 6) is -10.4. The molecule has 0 aliphatic carbocycles. The average Bonchev–Trinajstić information content (AvgIpc) is 0.756. The van der Waals surface area contributed by atoms with Crippen molar-refractivity contribution in [1.29, 1.82) is 0 Å². The van der Waals surface area contributed by atoms with E-state index in [0.717, 1.165) is 14.3 Å². The van der Waals surface area contributed by atoms with E-state index in [0.29, 0.717) is 50.0 Å². The minimum Gasteiger partial charge on any atom is -0.748 e. The van der Waals surface area contributed by atoms with Gasteiger partial charge < -0.3 is 89.8 Å². The first-order valence-corrected chi connectivity index (χ1v) is 53.4. The van der Waals surface area contributed by atoms with E-state index >= 15 is 0 Å². The molecule has 3 amide bonds. The van der Waals surface area contributed by atoms with Gasteiger partial charge in [-0.2, -0.15) is 0 Å². The number of carbonyl (C=O) groups excluding carboxylic acids is 11. The van der Waals surface area contributed by atoms with Gasteiger partial charge in [-0.25, -0.2) is 79.3 Å². The number of esters is 8. The number of rotatable bonds is 31. The predicted octanol–water partition coefficient (Wildman–Crippen LogP) is 8.17. The molecule has 126 heavy (non-hydrogen) atoms. The Morgan fingerprint density at radius 3 is 0.960 bits per heavy atom. The van der Waals surface area contributed by atoms with Gasteiger partial charge in [0.25, 0.3) is 0 Å². The lowest BCUT2D eigenvalue weighted by Crippen LogP contribution is -2.30. The van der Waals surface area contributed by atoms with Gasteiger partial charge in [-0.3, -0.25) is 24.0 Å². The molecule has 0 atom stereocenters. The first kappa shape index (κ1) is 120. The highest BCUT2D eigenvalue weighted by Crippen LogP contribution is 2.43. The SMILES string of the molecule is CC(=O)N(C)c1c(I)c(C(=O)OCCS(=O)(=O)[O-])c(I)c(N(C)C(C)=O)c1I.CC(=O)Nc1c(I)cc(I)c(C(=O)OCCS(=O)(=O)[O-])c1I.CC(=O)Oc1cc(C(=O)OCCS(=O)(=O)[O-])ccc1I.CC(=O)Oc1cc(I)ccc1C(=O)OCCS(=O)(=O)[O-].COc1cc(C(=O)OCCS(=O)(=O)[O-])ccc1I.COc1cc(I)ccc1C(=O)OCCS(=O)(=O)[O-]. The van der Waals surface area contributed by atoms with Crippen molar-refractivity contribution in [2.75, 3.05) is 118 Å². The molecule has 1 N–H and O–H groups in total. The summed E-state index contributed by atoms with van der Waals surface area (Å²) in [6.45, 7) is 3.33. The lowest BCUT2D eigenvalue weighted by atomic mass is 10.1. The molecule has 0 unspecified atom stereocenters.